The molecule has 1 saturated heterocycles. The summed E-state index contributed by atoms with van der Waals surface area (Å²) in [5.74, 6) is 0.921. The summed E-state index contributed by atoms with van der Waals surface area (Å²) in [6, 6.07) is 10.9. The highest BCUT2D eigenvalue weighted by Gasteiger charge is 2.29. The molecule has 1 aliphatic heterocycles. The number of benzene rings is 1. The normalized spacial score (nSPS) is 18.9. The van der Waals surface area contributed by atoms with E-state index >= 15 is 0 Å². The van der Waals surface area contributed by atoms with Crippen molar-refractivity contribution >= 4 is 29.9 Å². The predicted octanol–water partition coefficient (Wildman–Crippen LogP) is 3.55. The van der Waals surface area contributed by atoms with Gasteiger partial charge in [-0.05, 0) is 38.7 Å². The molecular weight excluding hydrogens is 451 g/mol. The van der Waals surface area contributed by atoms with Crippen molar-refractivity contribution in [3.8, 4) is 0 Å². The standard InChI is InChI=1S/C21H36N4O.HI/c1-5-21(6-2,24-17(4)18-11-9-8-10-12-18)16-23-20(22-7-3)25-14-13-19(26)15-25;/h8-12,17,19,24,26H,5-7,13-16H2,1-4H3,(H,22,23);1H/t17?,19-;/m1./s1. The van der Waals surface area contributed by atoms with Crippen LogP contribution in [0.1, 0.15) is 58.6 Å². The Labute approximate surface area is 182 Å². The second-order valence-electron chi connectivity index (χ2n) is 7.32. The van der Waals surface area contributed by atoms with Gasteiger partial charge in [-0.15, -0.1) is 24.0 Å². The molecule has 3 N–H and O–H groups in total. The van der Waals surface area contributed by atoms with Gasteiger partial charge < -0.3 is 20.6 Å². The molecule has 1 fully saturated rings. The zero-order valence-electron chi connectivity index (χ0n) is 17.2. The van der Waals surface area contributed by atoms with Crippen molar-refractivity contribution in [2.24, 2.45) is 4.99 Å². The number of hydrogen-bond acceptors (Lipinski definition) is 3. The summed E-state index contributed by atoms with van der Waals surface area (Å²) in [6.07, 6.45) is 2.62. The topological polar surface area (TPSA) is 59.9 Å². The molecule has 0 saturated carbocycles. The molecule has 0 aliphatic carbocycles. The number of β-amino-alcohol motifs (C(OH)–C–C–N with tert-alkyl or cyclic N) is 1. The Bertz CT molecular complexity index is 563. The second-order valence-corrected chi connectivity index (χ2v) is 7.32. The number of aliphatic hydroxyl groups is 1. The van der Waals surface area contributed by atoms with Crippen LogP contribution in [0.3, 0.4) is 0 Å². The fraction of sp³-hybridized carbons (Fsp3) is 0.667. The molecule has 2 rings (SSSR count). The smallest absolute Gasteiger partial charge is 0.194 e. The first kappa shape index (κ1) is 24.2. The maximum absolute atomic E-state index is 9.85. The lowest BCUT2D eigenvalue weighted by Crippen LogP contribution is -2.49. The number of aliphatic hydroxyl groups excluding tert-OH is 1. The lowest BCUT2D eigenvalue weighted by molar-refractivity contribution is 0.187. The lowest BCUT2D eigenvalue weighted by Gasteiger charge is -2.35. The van der Waals surface area contributed by atoms with Gasteiger partial charge >= 0.3 is 0 Å². The van der Waals surface area contributed by atoms with E-state index in [0.717, 1.165) is 44.9 Å². The summed E-state index contributed by atoms with van der Waals surface area (Å²) in [5, 5.41) is 17.1. The first-order valence-corrected chi connectivity index (χ1v) is 10.1. The van der Waals surface area contributed by atoms with Gasteiger partial charge in [-0.25, -0.2) is 0 Å². The quantitative estimate of drug-likeness (QED) is 0.298. The molecule has 0 aromatic heterocycles. The third-order valence-corrected chi connectivity index (χ3v) is 5.51. The fourth-order valence-electron chi connectivity index (χ4n) is 3.59. The van der Waals surface area contributed by atoms with Crippen molar-refractivity contribution in [2.45, 2.75) is 64.6 Å². The van der Waals surface area contributed by atoms with Crippen LogP contribution in [0.2, 0.25) is 0 Å². The van der Waals surface area contributed by atoms with Gasteiger partial charge in [0.05, 0.1) is 12.6 Å². The molecular formula is C21H37IN4O. The van der Waals surface area contributed by atoms with Gasteiger partial charge in [-0.1, -0.05) is 44.2 Å². The number of nitrogens with zero attached hydrogens (tertiary/aromatic N) is 2. The SMILES string of the molecule is CCNC(=NCC(CC)(CC)NC(C)c1ccccc1)N1CC[C@@H](O)C1.I. The van der Waals surface area contributed by atoms with E-state index in [0.29, 0.717) is 6.54 Å². The van der Waals surface area contributed by atoms with Crippen LogP contribution in [0.15, 0.2) is 35.3 Å². The van der Waals surface area contributed by atoms with Crippen LogP contribution in [0.4, 0.5) is 0 Å². The minimum absolute atomic E-state index is 0. The maximum Gasteiger partial charge on any atom is 0.194 e. The summed E-state index contributed by atoms with van der Waals surface area (Å²) in [6.45, 7) is 11.9. The zero-order chi connectivity index (χ0) is 19.0. The van der Waals surface area contributed by atoms with Gasteiger partial charge in [0.25, 0.3) is 0 Å². The Balaban J connectivity index is 0.00000364. The summed E-state index contributed by atoms with van der Waals surface area (Å²) >= 11 is 0. The van der Waals surface area contributed by atoms with Crippen molar-refractivity contribution in [1.29, 1.82) is 0 Å². The molecule has 1 heterocycles. The molecule has 2 atom stereocenters. The van der Waals surface area contributed by atoms with E-state index < -0.39 is 0 Å². The Morgan fingerprint density at radius 2 is 1.93 bits per heavy atom. The van der Waals surface area contributed by atoms with E-state index in [1.807, 2.05) is 0 Å². The van der Waals surface area contributed by atoms with Crippen molar-refractivity contribution in [2.75, 3.05) is 26.2 Å². The minimum atomic E-state index is -0.239. The molecule has 154 valence electrons. The van der Waals surface area contributed by atoms with Crippen LogP contribution in [-0.2, 0) is 0 Å². The highest BCUT2D eigenvalue weighted by molar-refractivity contribution is 14.0. The molecule has 0 spiro atoms. The van der Waals surface area contributed by atoms with Gasteiger partial charge in [0, 0.05) is 31.2 Å². The van der Waals surface area contributed by atoms with Crippen molar-refractivity contribution in [1.82, 2.24) is 15.5 Å². The Kier molecular flexibility index (Phi) is 10.6. The number of hydrogen-bond donors (Lipinski definition) is 3. The number of aliphatic imine (C=N–C) groups is 1. The average molecular weight is 488 g/mol. The molecule has 0 radical (unpaired) electrons. The van der Waals surface area contributed by atoms with E-state index in [1.165, 1.54) is 5.56 Å². The molecule has 6 heteroatoms. The summed E-state index contributed by atoms with van der Waals surface area (Å²) < 4.78 is 0. The Morgan fingerprint density at radius 1 is 1.26 bits per heavy atom. The van der Waals surface area contributed by atoms with E-state index in [2.05, 4.69) is 73.6 Å². The number of likely N-dealkylation sites (tertiary alicyclic amines) is 1. The van der Waals surface area contributed by atoms with E-state index in [-0.39, 0.29) is 41.7 Å². The summed E-state index contributed by atoms with van der Waals surface area (Å²) in [7, 11) is 0. The number of nitrogens with one attached hydrogen (secondary N) is 2. The Hall–Kier alpha value is -0.860. The molecule has 27 heavy (non-hydrogen) atoms. The third kappa shape index (κ3) is 6.91. The van der Waals surface area contributed by atoms with E-state index in [9.17, 15) is 5.11 Å². The molecule has 1 aliphatic rings. The highest BCUT2D eigenvalue weighted by atomic mass is 127. The van der Waals surface area contributed by atoms with E-state index in [4.69, 9.17) is 4.99 Å². The lowest BCUT2D eigenvalue weighted by atomic mass is 9.90. The largest absolute Gasteiger partial charge is 0.391 e. The van der Waals surface area contributed by atoms with Crippen LogP contribution < -0.4 is 10.6 Å². The van der Waals surface area contributed by atoms with Crippen LogP contribution in [0, 0.1) is 0 Å². The minimum Gasteiger partial charge on any atom is -0.391 e. The first-order chi connectivity index (χ1) is 12.5. The Morgan fingerprint density at radius 3 is 2.44 bits per heavy atom. The van der Waals surface area contributed by atoms with Crippen molar-refractivity contribution in [3.63, 3.8) is 0 Å². The van der Waals surface area contributed by atoms with Gasteiger partial charge in [-0.3, -0.25) is 4.99 Å². The van der Waals surface area contributed by atoms with Crippen molar-refractivity contribution in [3.05, 3.63) is 35.9 Å². The molecule has 0 amide bonds. The molecule has 1 aromatic rings. The fourth-order valence-corrected chi connectivity index (χ4v) is 3.59. The van der Waals surface area contributed by atoms with E-state index in [1.54, 1.807) is 0 Å². The molecule has 0 bridgehead atoms. The molecule has 1 aromatic carbocycles. The molecule has 1 unspecified atom stereocenters. The van der Waals surface area contributed by atoms with Crippen LogP contribution in [0.5, 0.6) is 0 Å². The first-order valence-electron chi connectivity index (χ1n) is 10.1. The number of rotatable bonds is 8. The number of guanidine groups is 1. The van der Waals surface area contributed by atoms with Crippen molar-refractivity contribution < 1.29 is 5.11 Å². The second kappa shape index (κ2) is 11.9. The van der Waals surface area contributed by atoms with Gasteiger partial charge in [0.15, 0.2) is 5.96 Å². The van der Waals surface area contributed by atoms with Gasteiger partial charge in [0.1, 0.15) is 0 Å². The third-order valence-electron chi connectivity index (χ3n) is 5.51. The van der Waals surface area contributed by atoms with Gasteiger partial charge in [0.2, 0.25) is 0 Å². The number of halogens is 1. The summed E-state index contributed by atoms with van der Waals surface area (Å²) in [5.41, 5.74) is 1.27. The predicted molar refractivity (Wildman–Crippen MR) is 125 cm³/mol. The highest BCUT2D eigenvalue weighted by Crippen LogP contribution is 2.23. The monoisotopic (exact) mass is 488 g/mol. The molecule has 5 nitrogen and oxygen atoms in total. The van der Waals surface area contributed by atoms with Gasteiger partial charge in [-0.2, -0.15) is 0 Å². The average Bonchev–Trinajstić information content (AvgIpc) is 3.10. The maximum atomic E-state index is 9.85. The summed E-state index contributed by atoms with van der Waals surface area (Å²) in [4.78, 5) is 7.12. The van der Waals surface area contributed by atoms with Crippen LogP contribution in [-0.4, -0.2) is 53.8 Å². The zero-order valence-corrected chi connectivity index (χ0v) is 19.6. The van der Waals surface area contributed by atoms with Crippen LogP contribution >= 0.6 is 24.0 Å². The van der Waals surface area contributed by atoms with Crippen LogP contribution in [0.25, 0.3) is 0 Å².